The number of hydrogen-bond donors (Lipinski definition) is 1. The normalized spacial score (nSPS) is 15.3. The Bertz CT molecular complexity index is 1300. The quantitative estimate of drug-likeness (QED) is 0.474. The first-order valence-electron chi connectivity index (χ1n) is 9.31. The summed E-state index contributed by atoms with van der Waals surface area (Å²) in [5.41, 5.74) is 4.69. The molecule has 30 heavy (non-hydrogen) atoms. The van der Waals surface area contributed by atoms with E-state index >= 15 is 0 Å². The monoisotopic (exact) mass is 432 g/mol. The lowest BCUT2D eigenvalue weighted by Crippen LogP contribution is -2.17. The number of imide groups is 1. The Hall–Kier alpha value is -3.23. The molecule has 5 rings (SSSR count). The number of benzene rings is 2. The smallest absolute Gasteiger partial charge is 0.282 e. The summed E-state index contributed by atoms with van der Waals surface area (Å²) in [6.07, 6.45) is 2.41. The maximum atomic E-state index is 12.1. The van der Waals surface area contributed by atoms with Crippen LogP contribution in [0.1, 0.15) is 21.8 Å². The summed E-state index contributed by atoms with van der Waals surface area (Å²) in [4.78, 5) is 29.6. The molecule has 1 N–H and O–H groups in total. The van der Waals surface area contributed by atoms with Crippen LogP contribution in [0.15, 0.2) is 59.5 Å². The van der Waals surface area contributed by atoms with Crippen LogP contribution in [0.5, 0.6) is 0 Å². The fraction of sp³-hybridized carbons (Fsp3) is 0.0909. The molecule has 148 valence electrons. The van der Waals surface area contributed by atoms with Gasteiger partial charge >= 0.3 is 0 Å². The third-order valence-electron chi connectivity index (χ3n) is 4.71. The van der Waals surface area contributed by atoms with Crippen LogP contribution < -0.4 is 5.32 Å². The zero-order valence-electron chi connectivity index (χ0n) is 16.0. The highest BCUT2D eigenvalue weighted by atomic mass is 32.2. The second-order valence-electron chi connectivity index (χ2n) is 6.92. The van der Waals surface area contributed by atoms with E-state index < -0.39 is 5.91 Å². The number of thioether (sulfide) groups is 1. The third-order valence-corrected chi connectivity index (χ3v) is 6.43. The Morgan fingerprint density at radius 1 is 1.07 bits per heavy atom. The highest BCUT2D eigenvalue weighted by molar-refractivity contribution is 8.18. The predicted octanol–water partition coefficient (Wildman–Crippen LogP) is 4.68. The van der Waals surface area contributed by atoms with Gasteiger partial charge in [-0.2, -0.15) is 5.10 Å². The van der Waals surface area contributed by atoms with Crippen molar-refractivity contribution in [3.63, 3.8) is 0 Å². The van der Waals surface area contributed by atoms with Gasteiger partial charge in [0, 0.05) is 12.0 Å². The summed E-state index contributed by atoms with van der Waals surface area (Å²) in [5, 5.41) is 7.62. The minimum atomic E-state index is -0.394. The van der Waals surface area contributed by atoms with E-state index in [2.05, 4.69) is 17.4 Å². The first-order valence-corrected chi connectivity index (χ1v) is 10.9. The molecule has 2 amide bonds. The summed E-state index contributed by atoms with van der Waals surface area (Å²) in [6.45, 7) is 2.03. The topological polar surface area (TPSA) is 76.4 Å². The summed E-state index contributed by atoms with van der Waals surface area (Å²) in [5.74, 6) is -0.394. The van der Waals surface area contributed by atoms with Crippen molar-refractivity contribution in [1.82, 2.24) is 19.9 Å². The Morgan fingerprint density at radius 2 is 1.83 bits per heavy atom. The Kier molecular flexibility index (Phi) is 4.72. The Balaban J connectivity index is 1.63. The number of amides is 2. The number of nitrogens with zero attached hydrogens (tertiary/aromatic N) is 3. The van der Waals surface area contributed by atoms with Crippen molar-refractivity contribution in [1.29, 1.82) is 0 Å². The van der Waals surface area contributed by atoms with E-state index in [1.54, 1.807) is 10.6 Å². The zero-order valence-corrected chi connectivity index (χ0v) is 17.6. The molecule has 3 heterocycles. The van der Waals surface area contributed by atoms with Gasteiger partial charge in [-0.25, -0.2) is 9.50 Å². The average molecular weight is 433 g/mol. The van der Waals surface area contributed by atoms with Crippen molar-refractivity contribution >= 4 is 45.3 Å². The Morgan fingerprint density at radius 3 is 2.53 bits per heavy atom. The van der Waals surface area contributed by atoms with Crippen molar-refractivity contribution in [3.05, 3.63) is 81.3 Å². The Labute approximate surface area is 180 Å². The molecule has 0 atom stereocenters. The van der Waals surface area contributed by atoms with Gasteiger partial charge in [-0.3, -0.25) is 14.9 Å². The largest absolute Gasteiger partial charge is 0.290 e. The maximum absolute atomic E-state index is 12.1. The molecule has 0 bridgehead atoms. The standard InChI is InChI=1S/C22H16N4O2S2/c1-13-7-9-15(10-8-13)19-16(12-17-20(27)24-22(28)29-17)26-21(23-19)30-18(25-26)11-14-5-3-2-4-6-14/h2-10,12H,11H2,1H3,(H,24,27,28)/b17-12-. The van der Waals surface area contributed by atoms with E-state index in [1.807, 2.05) is 49.4 Å². The molecular formula is C22H16N4O2S2. The molecule has 1 aliphatic rings. The van der Waals surface area contributed by atoms with Gasteiger partial charge in [0.2, 0.25) is 4.96 Å². The molecule has 6 nitrogen and oxygen atoms in total. The molecule has 0 radical (unpaired) electrons. The number of carbonyl (C=O) groups is 2. The average Bonchev–Trinajstić information content (AvgIpc) is 3.37. The SMILES string of the molecule is Cc1ccc(-c2nc3sc(Cc4ccccc4)nn3c2/C=C2\SC(=O)NC2=O)cc1. The molecule has 0 aliphatic carbocycles. The maximum Gasteiger partial charge on any atom is 0.290 e. The molecule has 4 aromatic rings. The third kappa shape index (κ3) is 3.55. The first-order chi connectivity index (χ1) is 14.6. The molecule has 2 aromatic heterocycles. The van der Waals surface area contributed by atoms with Crippen LogP contribution in [0.2, 0.25) is 0 Å². The van der Waals surface area contributed by atoms with Crippen LogP contribution in [0.3, 0.4) is 0 Å². The van der Waals surface area contributed by atoms with Crippen LogP contribution >= 0.6 is 23.1 Å². The van der Waals surface area contributed by atoms with Gasteiger partial charge < -0.3 is 0 Å². The lowest BCUT2D eigenvalue weighted by atomic mass is 10.1. The van der Waals surface area contributed by atoms with Crippen LogP contribution in [0.25, 0.3) is 22.3 Å². The number of carbonyl (C=O) groups excluding carboxylic acids is 2. The van der Waals surface area contributed by atoms with Gasteiger partial charge in [0.05, 0.1) is 16.3 Å². The lowest BCUT2D eigenvalue weighted by molar-refractivity contribution is -0.115. The van der Waals surface area contributed by atoms with Gasteiger partial charge in [-0.05, 0) is 30.3 Å². The van der Waals surface area contributed by atoms with Crippen molar-refractivity contribution in [2.45, 2.75) is 13.3 Å². The zero-order chi connectivity index (χ0) is 20.7. The summed E-state index contributed by atoms with van der Waals surface area (Å²) >= 11 is 2.41. The number of rotatable bonds is 4. The number of nitrogens with one attached hydrogen (secondary N) is 1. The van der Waals surface area contributed by atoms with Crippen LogP contribution in [0, 0.1) is 6.92 Å². The van der Waals surface area contributed by atoms with Crippen LogP contribution in [-0.4, -0.2) is 25.7 Å². The van der Waals surface area contributed by atoms with Gasteiger partial charge in [-0.15, -0.1) is 0 Å². The first kappa shape index (κ1) is 18.8. The minimum absolute atomic E-state index is 0.341. The number of imidazole rings is 1. The fourth-order valence-electron chi connectivity index (χ4n) is 3.24. The van der Waals surface area contributed by atoms with E-state index in [9.17, 15) is 9.59 Å². The van der Waals surface area contributed by atoms with Gasteiger partial charge in [0.15, 0.2) is 0 Å². The highest BCUT2D eigenvalue weighted by Gasteiger charge is 2.27. The van der Waals surface area contributed by atoms with Crippen LogP contribution in [-0.2, 0) is 11.2 Å². The minimum Gasteiger partial charge on any atom is -0.282 e. The summed E-state index contributed by atoms with van der Waals surface area (Å²) < 4.78 is 1.77. The second kappa shape index (κ2) is 7.55. The lowest BCUT2D eigenvalue weighted by Gasteiger charge is -2.02. The molecule has 0 unspecified atom stereocenters. The summed E-state index contributed by atoms with van der Waals surface area (Å²) in [6, 6.07) is 18.2. The number of hydrogen-bond acceptors (Lipinski definition) is 6. The van der Waals surface area contributed by atoms with Crippen molar-refractivity contribution in [2.24, 2.45) is 0 Å². The molecule has 2 aromatic carbocycles. The predicted molar refractivity (Wildman–Crippen MR) is 119 cm³/mol. The van der Waals surface area contributed by atoms with Crippen molar-refractivity contribution in [2.75, 3.05) is 0 Å². The van der Waals surface area contributed by atoms with E-state index in [0.29, 0.717) is 17.0 Å². The number of aryl methyl sites for hydroxylation is 1. The molecule has 0 spiro atoms. The van der Waals surface area contributed by atoms with E-state index in [4.69, 9.17) is 10.1 Å². The molecule has 1 aliphatic heterocycles. The van der Waals surface area contributed by atoms with Gasteiger partial charge in [0.25, 0.3) is 11.1 Å². The van der Waals surface area contributed by atoms with E-state index in [1.165, 1.54) is 16.9 Å². The molecular weight excluding hydrogens is 416 g/mol. The molecule has 1 fully saturated rings. The molecule has 0 saturated carbocycles. The number of aromatic nitrogens is 3. The fourth-order valence-corrected chi connectivity index (χ4v) is 4.84. The molecule has 8 heteroatoms. The highest BCUT2D eigenvalue weighted by Crippen LogP contribution is 2.32. The van der Waals surface area contributed by atoms with E-state index in [-0.39, 0.29) is 5.24 Å². The summed E-state index contributed by atoms with van der Waals surface area (Å²) in [7, 11) is 0. The molecule has 1 saturated heterocycles. The van der Waals surface area contributed by atoms with Crippen LogP contribution in [0.4, 0.5) is 4.79 Å². The van der Waals surface area contributed by atoms with E-state index in [0.717, 1.165) is 38.6 Å². The number of fused-ring (bicyclic) bond motifs is 1. The second-order valence-corrected chi connectivity index (χ2v) is 8.97. The van der Waals surface area contributed by atoms with Crippen molar-refractivity contribution < 1.29 is 9.59 Å². The van der Waals surface area contributed by atoms with Gasteiger partial charge in [0.1, 0.15) is 5.01 Å². The van der Waals surface area contributed by atoms with Gasteiger partial charge in [-0.1, -0.05) is 71.5 Å². The van der Waals surface area contributed by atoms with Crippen molar-refractivity contribution in [3.8, 4) is 11.3 Å².